The standard InChI is InChI=1S/C14H21N/c1-10-6-7-14(8-11(10)2)9-12(3)13(4)15-5/h6-8,12,15H,4,9H2,1-3,5H3. The third-order valence-corrected chi connectivity index (χ3v) is 3.03. The fourth-order valence-electron chi connectivity index (χ4n) is 1.65. The molecule has 1 aromatic carbocycles. The van der Waals surface area contributed by atoms with Crippen LogP contribution < -0.4 is 5.32 Å². The Morgan fingerprint density at radius 3 is 2.53 bits per heavy atom. The second kappa shape index (κ2) is 5.01. The minimum Gasteiger partial charge on any atom is -0.392 e. The number of hydrogen-bond donors (Lipinski definition) is 1. The number of allylic oxidation sites excluding steroid dienone is 1. The fraction of sp³-hybridized carbons (Fsp3) is 0.429. The van der Waals surface area contributed by atoms with Crippen molar-refractivity contribution in [3.05, 3.63) is 47.2 Å². The quantitative estimate of drug-likeness (QED) is 0.792. The average molecular weight is 203 g/mol. The summed E-state index contributed by atoms with van der Waals surface area (Å²) in [4.78, 5) is 0. The van der Waals surface area contributed by atoms with Crippen LogP contribution >= 0.6 is 0 Å². The van der Waals surface area contributed by atoms with Gasteiger partial charge in [-0.05, 0) is 42.9 Å². The molecule has 0 aliphatic heterocycles. The summed E-state index contributed by atoms with van der Waals surface area (Å²) in [5.41, 5.74) is 5.23. The molecular formula is C14H21N. The molecule has 0 fully saturated rings. The molecule has 1 N–H and O–H groups in total. The Hall–Kier alpha value is -1.24. The van der Waals surface area contributed by atoms with Crippen LogP contribution in [0.4, 0.5) is 0 Å². The van der Waals surface area contributed by atoms with E-state index in [0.29, 0.717) is 5.92 Å². The molecule has 0 aliphatic carbocycles. The van der Waals surface area contributed by atoms with Crippen molar-refractivity contribution in [3.8, 4) is 0 Å². The zero-order valence-electron chi connectivity index (χ0n) is 10.2. The largest absolute Gasteiger partial charge is 0.392 e. The first-order valence-corrected chi connectivity index (χ1v) is 5.47. The minimum atomic E-state index is 0.483. The molecule has 0 heterocycles. The van der Waals surface area contributed by atoms with Gasteiger partial charge < -0.3 is 5.32 Å². The zero-order chi connectivity index (χ0) is 11.4. The highest BCUT2D eigenvalue weighted by Gasteiger charge is 2.06. The predicted octanol–water partition coefficient (Wildman–Crippen LogP) is 3.22. The first kappa shape index (κ1) is 11.8. The maximum Gasteiger partial charge on any atom is 0.00631 e. The first-order chi connectivity index (χ1) is 7.04. The second-order valence-electron chi connectivity index (χ2n) is 4.30. The Morgan fingerprint density at radius 2 is 2.00 bits per heavy atom. The molecule has 0 saturated heterocycles. The molecule has 1 nitrogen and oxygen atoms in total. The number of hydrogen-bond acceptors (Lipinski definition) is 1. The molecule has 0 spiro atoms. The van der Waals surface area contributed by atoms with Gasteiger partial charge in [0.1, 0.15) is 0 Å². The van der Waals surface area contributed by atoms with Crippen molar-refractivity contribution in [2.75, 3.05) is 7.05 Å². The molecule has 0 aliphatic rings. The Kier molecular flexibility index (Phi) is 3.96. The summed E-state index contributed by atoms with van der Waals surface area (Å²) in [5, 5.41) is 3.12. The van der Waals surface area contributed by atoms with Gasteiger partial charge in [0.15, 0.2) is 0 Å². The van der Waals surface area contributed by atoms with Crippen molar-refractivity contribution >= 4 is 0 Å². The van der Waals surface area contributed by atoms with Gasteiger partial charge in [-0.2, -0.15) is 0 Å². The minimum absolute atomic E-state index is 0.483. The highest BCUT2D eigenvalue weighted by Crippen LogP contribution is 2.16. The average Bonchev–Trinajstić information content (AvgIpc) is 2.22. The molecule has 15 heavy (non-hydrogen) atoms. The number of rotatable bonds is 4. The molecule has 1 unspecified atom stereocenters. The molecule has 1 aromatic rings. The van der Waals surface area contributed by atoms with Gasteiger partial charge in [0.05, 0.1) is 0 Å². The Labute approximate surface area is 93.2 Å². The zero-order valence-corrected chi connectivity index (χ0v) is 10.2. The van der Waals surface area contributed by atoms with E-state index in [9.17, 15) is 0 Å². The summed E-state index contributed by atoms with van der Waals surface area (Å²) < 4.78 is 0. The molecule has 1 rings (SSSR count). The molecule has 0 amide bonds. The molecule has 1 atom stereocenters. The van der Waals surface area contributed by atoms with Gasteiger partial charge >= 0.3 is 0 Å². The van der Waals surface area contributed by atoms with Crippen LogP contribution in [-0.2, 0) is 6.42 Å². The lowest BCUT2D eigenvalue weighted by molar-refractivity contribution is 0.633. The van der Waals surface area contributed by atoms with Crippen molar-refractivity contribution in [2.45, 2.75) is 27.2 Å². The summed E-state index contributed by atoms with van der Waals surface area (Å²) in [7, 11) is 1.93. The van der Waals surface area contributed by atoms with E-state index in [2.05, 4.69) is 50.9 Å². The summed E-state index contributed by atoms with van der Waals surface area (Å²) in [6.07, 6.45) is 1.06. The molecule has 82 valence electrons. The van der Waals surface area contributed by atoms with Crippen LogP contribution in [0.2, 0.25) is 0 Å². The Bertz CT molecular complexity index is 352. The van der Waals surface area contributed by atoms with E-state index in [1.165, 1.54) is 16.7 Å². The number of aryl methyl sites for hydroxylation is 2. The highest BCUT2D eigenvalue weighted by atomic mass is 14.8. The monoisotopic (exact) mass is 203 g/mol. The van der Waals surface area contributed by atoms with E-state index in [-0.39, 0.29) is 0 Å². The van der Waals surface area contributed by atoms with E-state index in [1.54, 1.807) is 0 Å². The summed E-state index contributed by atoms with van der Waals surface area (Å²) in [6.45, 7) is 10.5. The number of benzene rings is 1. The van der Waals surface area contributed by atoms with Crippen molar-refractivity contribution in [2.24, 2.45) is 5.92 Å². The van der Waals surface area contributed by atoms with Gasteiger partial charge in [-0.1, -0.05) is 31.7 Å². The maximum atomic E-state index is 4.00. The van der Waals surface area contributed by atoms with E-state index in [0.717, 1.165) is 12.1 Å². The third kappa shape index (κ3) is 3.12. The van der Waals surface area contributed by atoms with Crippen molar-refractivity contribution in [3.63, 3.8) is 0 Å². The molecule has 0 saturated carbocycles. The Balaban J connectivity index is 2.73. The van der Waals surface area contributed by atoms with Crippen LogP contribution in [0.5, 0.6) is 0 Å². The van der Waals surface area contributed by atoms with Gasteiger partial charge in [0.25, 0.3) is 0 Å². The van der Waals surface area contributed by atoms with E-state index >= 15 is 0 Å². The second-order valence-corrected chi connectivity index (χ2v) is 4.30. The van der Waals surface area contributed by atoms with Gasteiger partial charge in [-0.25, -0.2) is 0 Å². The lowest BCUT2D eigenvalue weighted by Crippen LogP contribution is -2.14. The van der Waals surface area contributed by atoms with Gasteiger partial charge in [0.2, 0.25) is 0 Å². The predicted molar refractivity (Wildman–Crippen MR) is 67.0 cm³/mol. The molecule has 0 aromatic heterocycles. The normalized spacial score (nSPS) is 12.3. The van der Waals surface area contributed by atoms with E-state index < -0.39 is 0 Å². The van der Waals surface area contributed by atoms with Crippen molar-refractivity contribution in [1.29, 1.82) is 0 Å². The molecule has 1 heteroatoms. The maximum absolute atomic E-state index is 4.00. The van der Waals surface area contributed by atoms with Crippen LogP contribution in [0.3, 0.4) is 0 Å². The topological polar surface area (TPSA) is 12.0 Å². The first-order valence-electron chi connectivity index (χ1n) is 5.47. The number of nitrogens with one attached hydrogen (secondary N) is 1. The molecule has 0 bridgehead atoms. The molecule has 0 radical (unpaired) electrons. The van der Waals surface area contributed by atoms with Crippen molar-refractivity contribution in [1.82, 2.24) is 5.32 Å². The highest BCUT2D eigenvalue weighted by molar-refractivity contribution is 5.30. The van der Waals surface area contributed by atoms with Crippen LogP contribution in [0.1, 0.15) is 23.6 Å². The van der Waals surface area contributed by atoms with Crippen molar-refractivity contribution < 1.29 is 0 Å². The van der Waals surface area contributed by atoms with Crippen LogP contribution in [-0.4, -0.2) is 7.05 Å². The van der Waals surface area contributed by atoms with E-state index in [1.807, 2.05) is 7.05 Å². The lowest BCUT2D eigenvalue weighted by Gasteiger charge is -2.15. The Morgan fingerprint density at radius 1 is 1.33 bits per heavy atom. The lowest BCUT2D eigenvalue weighted by atomic mass is 9.96. The third-order valence-electron chi connectivity index (χ3n) is 3.03. The fourth-order valence-corrected chi connectivity index (χ4v) is 1.65. The van der Waals surface area contributed by atoms with Gasteiger partial charge in [-0.3, -0.25) is 0 Å². The van der Waals surface area contributed by atoms with Crippen LogP contribution in [0.25, 0.3) is 0 Å². The van der Waals surface area contributed by atoms with Crippen LogP contribution in [0, 0.1) is 19.8 Å². The van der Waals surface area contributed by atoms with E-state index in [4.69, 9.17) is 0 Å². The summed E-state index contributed by atoms with van der Waals surface area (Å²) in [5.74, 6) is 0.483. The van der Waals surface area contributed by atoms with Gasteiger partial charge in [0, 0.05) is 12.7 Å². The molecular weight excluding hydrogens is 182 g/mol. The van der Waals surface area contributed by atoms with Gasteiger partial charge in [-0.15, -0.1) is 0 Å². The smallest absolute Gasteiger partial charge is 0.00631 e. The summed E-state index contributed by atoms with van der Waals surface area (Å²) >= 11 is 0. The SMILES string of the molecule is C=C(NC)C(C)Cc1ccc(C)c(C)c1. The summed E-state index contributed by atoms with van der Waals surface area (Å²) in [6, 6.07) is 6.68. The van der Waals surface area contributed by atoms with Crippen LogP contribution in [0.15, 0.2) is 30.5 Å².